The fraction of sp³-hybridized carbons (Fsp3) is 0.320. The third kappa shape index (κ3) is 3.86. The predicted molar refractivity (Wildman–Crippen MR) is 130 cm³/mol. The Morgan fingerprint density at radius 1 is 1.09 bits per heavy atom. The molecule has 0 N–H and O–H groups in total. The zero-order chi connectivity index (χ0) is 24.2. The van der Waals surface area contributed by atoms with Crippen molar-refractivity contribution in [3.05, 3.63) is 66.0 Å². The minimum absolute atomic E-state index is 0.195. The quantitative estimate of drug-likeness (QED) is 0.430. The molecule has 4 aromatic rings. The molecule has 0 unspecified atom stereocenters. The number of nitrogens with zero attached hydrogens (tertiary/aromatic N) is 5. The second-order valence-electron chi connectivity index (χ2n) is 8.95. The van der Waals surface area contributed by atoms with Gasteiger partial charge in [0.1, 0.15) is 11.6 Å². The third-order valence-electron chi connectivity index (χ3n) is 6.73. The van der Waals surface area contributed by atoms with Crippen molar-refractivity contribution in [2.24, 2.45) is 0 Å². The molecule has 35 heavy (non-hydrogen) atoms. The van der Waals surface area contributed by atoms with Crippen molar-refractivity contribution >= 4 is 26.8 Å². The van der Waals surface area contributed by atoms with Gasteiger partial charge in [0.15, 0.2) is 9.84 Å². The summed E-state index contributed by atoms with van der Waals surface area (Å²) in [4.78, 5) is 15.9. The largest absolute Gasteiger partial charge is 0.378 e. The fourth-order valence-electron chi connectivity index (χ4n) is 5.08. The van der Waals surface area contributed by atoms with Gasteiger partial charge in [-0.1, -0.05) is 18.2 Å². The molecule has 1 atom stereocenters. The molecule has 2 aromatic heterocycles. The third-order valence-corrected chi connectivity index (χ3v) is 7.90. The van der Waals surface area contributed by atoms with E-state index in [0.29, 0.717) is 47.1 Å². The SMILES string of the molecule is CS(=O)(=O)c1ccccc1[C@@H]1CCc2nc3cc(F)c(-c4cnc(N5CCOCC5)nc4)cc3n21. The van der Waals surface area contributed by atoms with E-state index in [9.17, 15) is 8.42 Å². The van der Waals surface area contributed by atoms with E-state index in [4.69, 9.17) is 4.74 Å². The van der Waals surface area contributed by atoms with E-state index in [0.717, 1.165) is 36.4 Å². The molecular formula is C25H24FN5O3S. The number of aryl methyl sites for hydroxylation is 1. The van der Waals surface area contributed by atoms with E-state index in [2.05, 4.69) is 15.0 Å². The number of fused-ring (bicyclic) bond motifs is 3. The zero-order valence-corrected chi connectivity index (χ0v) is 20.0. The molecule has 0 aliphatic carbocycles. The number of benzene rings is 2. The van der Waals surface area contributed by atoms with Crippen LogP contribution in [0.25, 0.3) is 22.2 Å². The maximum atomic E-state index is 15.2. The molecule has 0 amide bonds. The first-order valence-electron chi connectivity index (χ1n) is 11.5. The molecule has 0 radical (unpaired) electrons. The number of hydrogen-bond donors (Lipinski definition) is 0. The van der Waals surface area contributed by atoms with E-state index in [1.165, 1.54) is 12.3 Å². The Kier molecular flexibility index (Phi) is 5.30. The van der Waals surface area contributed by atoms with Crippen LogP contribution in [-0.2, 0) is 21.0 Å². The van der Waals surface area contributed by atoms with Crippen molar-refractivity contribution in [2.75, 3.05) is 37.5 Å². The van der Waals surface area contributed by atoms with Gasteiger partial charge in [0.2, 0.25) is 5.95 Å². The molecule has 0 spiro atoms. The monoisotopic (exact) mass is 493 g/mol. The van der Waals surface area contributed by atoms with Gasteiger partial charge in [-0.15, -0.1) is 0 Å². The Morgan fingerprint density at radius 2 is 1.83 bits per heavy atom. The van der Waals surface area contributed by atoms with Crippen LogP contribution in [0.4, 0.5) is 10.3 Å². The minimum Gasteiger partial charge on any atom is -0.378 e. The predicted octanol–water partition coefficient (Wildman–Crippen LogP) is 3.41. The van der Waals surface area contributed by atoms with Gasteiger partial charge in [-0.2, -0.15) is 0 Å². The van der Waals surface area contributed by atoms with E-state index < -0.39 is 15.7 Å². The van der Waals surface area contributed by atoms with Gasteiger partial charge in [0.25, 0.3) is 0 Å². The first-order valence-corrected chi connectivity index (χ1v) is 13.4. The highest BCUT2D eigenvalue weighted by Crippen LogP contribution is 2.39. The van der Waals surface area contributed by atoms with Crippen LogP contribution in [-0.4, -0.2) is 60.5 Å². The van der Waals surface area contributed by atoms with Gasteiger partial charge < -0.3 is 14.2 Å². The van der Waals surface area contributed by atoms with Crippen molar-refractivity contribution in [1.29, 1.82) is 0 Å². The van der Waals surface area contributed by atoms with Crippen LogP contribution in [0.5, 0.6) is 0 Å². The highest BCUT2D eigenvalue weighted by molar-refractivity contribution is 7.90. The van der Waals surface area contributed by atoms with Crippen molar-refractivity contribution in [3.63, 3.8) is 0 Å². The summed E-state index contributed by atoms with van der Waals surface area (Å²) in [5.41, 5.74) is 3.00. The minimum atomic E-state index is -3.40. The lowest BCUT2D eigenvalue weighted by atomic mass is 10.0. The maximum absolute atomic E-state index is 15.2. The molecule has 4 heterocycles. The van der Waals surface area contributed by atoms with E-state index in [1.807, 2.05) is 21.6 Å². The number of anilines is 1. The van der Waals surface area contributed by atoms with Crippen LogP contribution in [0.15, 0.2) is 53.7 Å². The summed E-state index contributed by atoms with van der Waals surface area (Å²) < 4.78 is 47.5. The number of ether oxygens (including phenoxy) is 1. The molecule has 1 fully saturated rings. The number of sulfone groups is 1. The van der Waals surface area contributed by atoms with Crippen LogP contribution in [0.2, 0.25) is 0 Å². The molecule has 2 aliphatic heterocycles. The van der Waals surface area contributed by atoms with Crippen LogP contribution < -0.4 is 4.90 Å². The van der Waals surface area contributed by atoms with Crippen LogP contribution in [0, 0.1) is 5.82 Å². The summed E-state index contributed by atoms with van der Waals surface area (Å²) in [6.45, 7) is 2.70. The summed E-state index contributed by atoms with van der Waals surface area (Å²) in [5, 5.41) is 0. The summed E-state index contributed by atoms with van der Waals surface area (Å²) in [5.74, 6) is 1.02. The van der Waals surface area contributed by atoms with Gasteiger partial charge >= 0.3 is 0 Å². The van der Waals surface area contributed by atoms with Crippen molar-refractivity contribution < 1.29 is 17.5 Å². The Morgan fingerprint density at radius 3 is 2.57 bits per heavy atom. The van der Waals surface area contributed by atoms with Crippen molar-refractivity contribution in [1.82, 2.24) is 19.5 Å². The maximum Gasteiger partial charge on any atom is 0.225 e. The normalized spacial score (nSPS) is 18.2. The topological polar surface area (TPSA) is 90.2 Å². The van der Waals surface area contributed by atoms with Crippen LogP contribution in [0.3, 0.4) is 0 Å². The smallest absolute Gasteiger partial charge is 0.225 e. The number of morpholine rings is 1. The van der Waals surface area contributed by atoms with Gasteiger partial charge in [-0.05, 0) is 24.1 Å². The summed E-state index contributed by atoms with van der Waals surface area (Å²) in [7, 11) is -3.40. The first kappa shape index (κ1) is 22.1. The lowest BCUT2D eigenvalue weighted by molar-refractivity contribution is 0.122. The molecule has 10 heteroatoms. The number of imidazole rings is 1. The van der Waals surface area contributed by atoms with Crippen LogP contribution in [0.1, 0.15) is 23.9 Å². The molecule has 180 valence electrons. The van der Waals surface area contributed by atoms with Gasteiger partial charge in [0, 0.05) is 55.4 Å². The highest BCUT2D eigenvalue weighted by atomic mass is 32.2. The molecule has 6 rings (SSSR count). The van der Waals surface area contributed by atoms with Crippen LogP contribution >= 0.6 is 0 Å². The van der Waals surface area contributed by atoms with Crippen molar-refractivity contribution in [2.45, 2.75) is 23.8 Å². The molecule has 2 aromatic carbocycles. The molecule has 0 saturated carbocycles. The Labute approximate surface area is 202 Å². The number of aromatic nitrogens is 4. The lowest BCUT2D eigenvalue weighted by Crippen LogP contribution is -2.37. The standard InChI is InChI=1S/C25H24FN5O3S/c1-35(32,33)23-5-3-2-4-17(23)21-6-7-24-29-20-13-19(26)18(12-22(20)31(21)24)16-14-27-25(28-15-16)30-8-10-34-11-9-30/h2-5,12-15,21H,6-11H2,1H3/t21-/m0/s1. The Bertz CT molecular complexity index is 1530. The molecule has 0 bridgehead atoms. The molecule has 8 nitrogen and oxygen atoms in total. The van der Waals surface area contributed by atoms with E-state index >= 15 is 4.39 Å². The highest BCUT2D eigenvalue weighted by Gasteiger charge is 2.31. The summed E-state index contributed by atoms with van der Waals surface area (Å²) in [6, 6.07) is 10.1. The van der Waals surface area contributed by atoms with Gasteiger partial charge in [-0.25, -0.2) is 27.8 Å². The second kappa shape index (κ2) is 8.39. The Hall–Kier alpha value is -3.37. The van der Waals surface area contributed by atoms with E-state index in [1.54, 1.807) is 30.6 Å². The second-order valence-corrected chi connectivity index (χ2v) is 10.9. The fourth-order valence-corrected chi connectivity index (χ4v) is 6.04. The molecule has 2 aliphatic rings. The molecular weight excluding hydrogens is 469 g/mol. The van der Waals surface area contributed by atoms with Crippen molar-refractivity contribution in [3.8, 4) is 11.1 Å². The van der Waals surface area contributed by atoms with Gasteiger partial charge in [0.05, 0.1) is 35.2 Å². The summed E-state index contributed by atoms with van der Waals surface area (Å²) in [6.07, 6.45) is 5.92. The number of hydrogen-bond acceptors (Lipinski definition) is 7. The summed E-state index contributed by atoms with van der Waals surface area (Å²) >= 11 is 0. The first-order chi connectivity index (χ1) is 16.9. The number of halogens is 1. The van der Waals surface area contributed by atoms with E-state index in [-0.39, 0.29) is 6.04 Å². The average Bonchev–Trinajstić information content (AvgIpc) is 3.43. The average molecular weight is 494 g/mol. The lowest BCUT2D eigenvalue weighted by Gasteiger charge is -2.26. The Balaban J connectivity index is 1.43. The zero-order valence-electron chi connectivity index (χ0n) is 19.2. The molecule has 1 saturated heterocycles. The van der Waals surface area contributed by atoms with Gasteiger partial charge in [-0.3, -0.25) is 0 Å². The number of rotatable bonds is 4.